The summed E-state index contributed by atoms with van der Waals surface area (Å²) in [5.41, 5.74) is 5.36. The molecule has 1 rings (SSSR count). The number of aryl methyl sites for hydroxylation is 2. The number of hydrogen-bond donors (Lipinski definition) is 1. The van der Waals surface area contributed by atoms with Crippen molar-refractivity contribution in [3.8, 4) is 0 Å². The van der Waals surface area contributed by atoms with Gasteiger partial charge >= 0.3 is 0 Å². The van der Waals surface area contributed by atoms with Gasteiger partial charge in [-0.25, -0.2) is 9.13 Å². The summed E-state index contributed by atoms with van der Waals surface area (Å²) in [5, 5.41) is 0. The van der Waals surface area contributed by atoms with E-state index in [1.807, 2.05) is 17.8 Å². The van der Waals surface area contributed by atoms with Gasteiger partial charge in [-0.15, -0.1) is 0 Å². The number of nitrogens with two attached hydrogens (primary N) is 1. The molecular formula is C7H14N3+. The molecular weight excluding hydrogens is 126 g/mol. The summed E-state index contributed by atoms with van der Waals surface area (Å²) in [4.78, 5) is 0. The van der Waals surface area contributed by atoms with Crippen molar-refractivity contribution >= 4 is 0 Å². The fraction of sp³-hybridized carbons (Fsp3) is 0.571. The van der Waals surface area contributed by atoms with E-state index in [2.05, 4.69) is 17.1 Å². The Balaban J connectivity index is 2.42. The van der Waals surface area contributed by atoms with Crippen LogP contribution in [-0.4, -0.2) is 11.1 Å². The van der Waals surface area contributed by atoms with Crippen LogP contribution in [0, 0.1) is 0 Å². The normalized spacial score (nSPS) is 10.2. The average molecular weight is 140 g/mol. The SMILES string of the molecule is C[n+]1ccn(CCCN)c1. The predicted octanol–water partition coefficient (Wildman–Crippen LogP) is -0.339. The summed E-state index contributed by atoms with van der Waals surface area (Å²) in [6, 6.07) is 0. The third kappa shape index (κ3) is 1.84. The Hall–Kier alpha value is -0.830. The number of hydrogen-bond acceptors (Lipinski definition) is 1. The highest BCUT2D eigenvalue weighted by Crippen LogP contribution is 1.85. The van der Waals surface area contributed by atoms with E-state index in [4.69, 9.17) is 5.73 Å². The Morgan fingerprint density at radius 2 is 2.40 bits per heavy atom. The molecule has 0 radical (unpaired) electrons. The molecule has 3 nitrogen and oxygen atoms in total. The van der Waals surface area contributed by atoms with Crippen molar-refractivity contribution in [1.29, 1.82) is 0 Å². The minimum absolute atomic E-state index is 0.766. The molecule has 0 saturated carbocycles. The Morgan fingerprint density at radius 1 is 1.60 bits per heavy atom. The number of nitrogens with zero attached hydrogens (tertiary/aromatic N) is 2. The van der Waals surface area contributed by atoms with Gasteiger partial charge < -0.3 is 5.73 Å². The molecule has 3 heteroatoms. The first-order chi connectivity index (χ1) is 4.83. The highest BCUT2D eigenvalue weighted by Gasteiger charge is 1.96. The van der Waals surface area contributed by atoms with E-state index in [1.165, 1.54) is 0 Å². The smallest absolute Gasteiger partial charge is 0.243 e. The molecule has 0 unspecified atom stereocenters. The van der Waals surface area contributed by atoms with Gasteiger partial charge in [-0.1, -0.05) is 0 Å². The summed E-state index contributed by atoms with van der Waals surface area (Å²) >= 11 is 0. The van der Waals surface area contributed by atoms with Crippen molar-refractivity contribution in [2.24, 2.45) is 12.8 Å². The van der Waals surface area contributed by atoms with Gasteiger partial charge in [0.25, 0.3) is 0 Å². The van der Waals surface area contributed by atoms with Crippen molar-refractivity contribution in [3.63, 3.8) is 0 Å². The van der Waals surface area contributed by atoms with Gasteiger partial charge in [-0.3, -0.25) is 0 Å². The van der Waals surface area contributed by atoms with Crippen molar-refractivity contribution in [3.05, 3.63) is 18.7 Å². The van der Waals surface area contributed by atoms with E-state index < -0.39 is 0 Å². The second-order valence-corrected chi connectivity index (χ2v) is 2.46. The molecule has 0 aliphatic rings. The van der Waals surface area contributed by atoms with E-state index in [0.29, 0.717) is 0 Å². The minimum Gasteiger partial charge on any atom is -0.330 e. The molecule has 56 valence electrons. The van der Waals surface area contributed by atoms with Crippen molar-refractivity contribution in [1.82, 2.24) is 4.57 Å². The molecule has 1 heterocycles. The topological polar surface area (TPSA) is 34.8 Å². The number of aromatic nitrogens is 2. The van der Waals surface area contributed by atoms with Crippen LogP contribution < -0.4 is 10.3 Å². The first-order valence-electron chi connectivity index (χ1n) is 3.54. The Labute approximate surface area is 61.1 Å². The van der Waals surface area contributed by atoms with E-state index in [-0.39, 0.29) is 0 Å². The number of rotatable bonds is 3. The van der Waals surface area contributed by atoms with Crippen LogP contribution in [-0.2, 0) is 13.6 Å². The zero-order valence-corrected chi connectivity index (χ0v) is 6.33. The Kier molecular flexibility index (Phi) is 2.45. The molecule has 1 aromatic rings. The third-order valence-electron chi connectivity index (χ3n) is 1.44. The maximum Gasteiger partial charge on any atom is 0.243 e. The average Bonchev–Trinajstić information content (AvgIpc) is 2.31. The van der Waals surface area contributed by atoms with Crippen LogP contribution in [0.3, 0.4) is 0 Å². The molecule has 0 fully saturated rings. The standard InChI is InChI=1S/C7H14N3/c1-9-5-6-10(7-9)4-2-3-8/h5-7H,2-4,8H2,1H3/q+1. The zero-order valence-electron chi connectivity index (χ0n) is 6.33. The summed E-state index contributed by atoms with van der Waals surface area (Å²) < 4.78 is 4.16. The molecule has 0 saturated heterocycles. The van der Waals surface area contributed by atoms with Crippen molar-refractivity contribution in [2.75, 3.05) is 6.54 Å². The largest absolute Gasteiger partial charge is 0.330 e. The van der Waals surface area contributed by atoms with Crippen molar-refractivity contribution < 1.29 is 4.57 Å². The predicted molar refractivity (Wildman–Crippen MR) is 39.3 cm³/mol. The number of imidazole rings is 1. The lowest BCUT2D eigenvalue weighted by atomic mass is 10.4. The van der Waals surface area contributed by atoms with Gasteiger partial charge in [-0.2, -0.15) is 0 Å². The van der Waals surface area contributed by atoms with E-state index in [0.717, 1.165) is 19.5 Å². The molecule has 2 N–H and O–H groups in total. The summed E-state index contributed by atoms with van der Waals surface area (Å²) in [6.07, 6.45) is 7.18. The van der Waals surface area contributed by atoms with E-state index in [9.17, 15) is 0 Å². The second-order valence-electron chi connectivity index (χ2n) is 2.46. The third-order valence-corrected chi connectivity index (χ3v) is 1.44. The first kappa shape index (κ1) is 7.28. The highest BCUT2D eigenvalue weighted by atomic mass is 15.1. The lowest BCUT2D eigenvalue weighted by Crippen LogP contribution is -2.23. The van der Waals surface area contributed by atoms with Crippen LogP contribution in [0.25, 0.3) is 0 Å². The Bertz CT molecular complexity index is 192. The van der Waals surface area contributed by atoms with Crippen LogP contribution in [0.15, 0.2) is 18.7 Å². The fourth-order valence-electron chi connectivity index (χ4n) is 0.908. The first-order valence-corrected chi connectivity index (χ1v) is 3.54. The molecule has 0 spiro atoms. The molecule has 0 aliphatic carbocycles. The summed E-state index contributed by atoms with van der Waals surface area (Å²) in [5.74, 6) is 0. The zero-order chi connectivity index (χ0) is 7.40. The van der Waals surface area contributed by atoms with Crippen LogP contribution in [0.1, 0.15) is 6.42 Å². The molecule has 1 aromatic heterocycles. The minimum atomic E-state index is 0.766. The van der Waals surface area contributed by atoms with Gasteiger partial charge in [0.2, 0.25) is 6.33 Å². The van der Waals surface area contributed by atoms with Crippen LogP contribution in [0.5, 0.6) is 0 Å². The Morgan fingerprint density at radius 3 is 2.90 bits per heavy atom. The maximum absolute atomic E-state index is 5.36. The van der Waals surface area contributed by atoms with Gasteiger partial charge in [0.05, 0.1) is 13.6 Å². The van der Waals surface area contributed by atoms with Gasteiger partial charge in [0.15, 0.2) is 0 Å². The van der Waals surface area contributed by atoms with Crippen molar-refractivity contribution in [2.45, 2.75) is 13.0 Å². The summed E-state index contributed by atoms with van der Waals surface area (Å²) in [7, 11) is 2.01. The molecule has 0 amide bonds. The van der Waals surface area contributed by atoms with Crippen LogP contribution >= 0.6 is 0 Å². The van der Waals surface area contributed by atoms with E-state index in [1.54, 1.807) is 0 Å². The lowest BCUT2D eigenvalue weighted by molar-refractivity contribution is -0.671. The molecule has 0 aromatic carbocycles. The van der Waals surface area contributed by atoms with Crippen LogP contribution in [0.4, 0.5) is 0 Å². The highest BCUT2D eigenvalue weighted by molar-refractivity contribution is 4.65. The summed E-state index contributed by atoms with van der Waals surface area (Å²) in [6.45, 7) is 1.79. The quantitative estimate of drug-likeness (QED) is 0.573. The van der Waals surface area contributed by atoms with Gasteiger partial charge in [0, 0.05) is 0 Å². The lowest BCUT2D eigenvalue weighted by Gasteiger charge is -1.90. The van der Waals surface area contributed by atoms with E-state index >= 15 is 0 Å². The van der Waals surface area contributed by atoms with Gasteiger partial charge in [-0.05, 0) is 13.0 Å². The van der Waals surface area contributed by atoms with Gasteiger partial charge in [0.1, 0.15) is 12.4 Å². The molecule has 0 aliphatic heterocycles. The fourth-order valence-corrected chi connectivity index (χ4v) is 0.908. The molecule has 0 bridgehead atoms. The monoisotopic (exact) mass is 140 g/mol. The van der Waals surface area contributed by atoms with Crippen LogP contribution in [0.2, 0.25) is 0 Å². The second kappa shape index (κ2) is 3.37. The molecule has 10 heavy (non-hydrogen) atoms. The maximum atomic E-state index is 5.36. The molecule has 0 atom stereocenters.